The van der Waals surface area contributed by atoms with Gasteiger partial charge in [0.05, 0.1) is 12.2 Å². The molecular weight excluding hydrogens is 452 g/mol. The first-order chi connectivity index (χ1) is 16.2. The molecule has 2 heterocycles. The van der Waals surface area contributed by atoms with E-state index in [2.05, 4.69) is 0 Å². The largest absolute Gasteiger partial charge is 0.504 e. The molecule has 2 aromatic carbocycles. The molecule has 0 radical (unpaired) electrons. The molecule has 0 saturated carbocycles. The van der Waals surface area contributed by atoms with Gasteiger partial charge in [-0.25, -0.2) is 4.79 Å². The van der Waals surface area contributed by atoms with Crippen molar-refractivity contribution in [2.24, 2.45) is 0 Å². The second-order valence-corrected chi connectivity index (χ2v) is 7.89. The molecule has 6 N–H and O–H groups in total. The van der Waals surface area contributed by atoms with Gasteiger partial charge in [-0.1, -0.05) is 30.3 Å². The van der Waals surface area contributed by atoms with Gasteiger partial charge in [0.2, 0.25) is 12.0 Å². The normalized spacial score (nSPS) is 25.4. The maximum atomic E-state index is 12.6. The van der Waals surface area contributed by atoms with Crippen molar-refractivity contribution in [3.8, 4) is 28.6 Å². The molecule has 0 amide bonds. The molecule has 1 aliphatic heterocycles. The lowest BCUT2D eigenvalue weighted by Gasteiger charge is -2.33. The minimum absolute atomic E-state index is 0.131. The Bertz CT molecular complexity index is 1250. The smallest absolute Gasteiger partial charge is 0.333 e. The van der Waals surface area contributed by atoms with Crippen molar-refractivity contribution in [2.45, 2.75) is 43.5 Å². The third kappa shape index (κ3) is 4.54. The molecule has 4 rings (SSSR count). The Labute approximate surface area is 191 Å². The number of phenolic OH excluding ortho intramolecular Hbond substituents is 2. The minimum atomic E-state index is -1.66. The molecule has 1 aliphatic rings. The topological polar surface area (TPSA) is 187 Å². The summed E-state index contributed by atoms with van der Waals surface area (Å²) in [5.41, 5.74) is -0.173. The van der Waals surface area contributed by atoms with Gasteiger partial charge in [-0.05, 0) is 0 Å². The first-order valence-electron chi connectivity index (χ1n) is 10.3. The summed E-state index contributed by atoms with van der Waals surface area (Å²) in [6.07, 6.45) is -8.88. The second-order valence-electron chi connectivity index (χ2n) is 7.89. The molecule has 3 aromatic rings. The molecule has 34 heavy (non-hydrogen) atoms. The average molecular weight is 474 g/mol. The molecule has 180 valence electrons. The molecule has 1 fully saturated rings. The van der Waals surface area contributed by atoms with Crippen LogP contribution in [0, 0.1) is 0 Å². The van der Waals surface area contributed by atoms with E-state index in [1.165, 1.54) is 0 Å². The van der Waals surface area contributed by atoms with Crippen LogP contribution in [0.2, 0.25) is 0 Å². The van der Waals surface area contributed by atoms with Crippen LogP contribution in [0.25, 0.3) is 22.3 Å². The molecular formula is C23H22O11. The zero-order valence-electron chi connectivity index (χ0n) is 17.6. The standard InChI is InChI=1S/C23H22O11/c24-11-6-14(10-4-2-1-3-5-10)32-15-9-16(21(28)22(29)19(11)15)33-18-8-13(26)20(27)12(25)7-17(34-18)23(30)31/h1-6,9,12-13,17-18,20,25-29H,7-8H2,(H,30,31)/t12-,13+,17+,18-,20+/m1/s1. The highest BCUT2D eigenvalue weighted by Gasteiger charge is 2.38. The number of carbonyl (C=O) groups is 1. The van der Waals surface area contributed by atoms with Crippen LogP contribution in [0.1, 0.15) is 12.8 Å². The number of fused-ring (bicyclic) bond motifs is 1. The van der Waals surface area contributed by atoms with Crippen LogP contribution in [0.3, 0.4) is 0 Å². The zero-order chi connectivity index (χ0) is 24.6. The number of aliphatic hydroxyl groups is 3. The van der Waals surface area contributed by atoms with Crippen molar-refractivity contribution < 1.29 is 49.3 Å². The summed E-state index contributed by atoms with van der Waals surface area (Å²) < 4.78 is 16.6. The predicted molar refractivity (Wildman–Crippen MR) is 115 cm³/mol. The van der Waals surface area contributed by atoms with Gasteiger partial charge >= 0.3 is 5.97 Å². The summed E-state index contributed by atoms with van der Waals surface area (Å²) in [7, 11) is 0. The van der Waals surface area contributed by atoms with E-state index < -0.39 is 72.2 Å². The van der Waals surface area contributed by atoms with Gasteiger partial charge in [-0.15, -0.1) is 0 Å². The molecule has 1 aromatic heterocycles. The van der Waals surface area contributed by atoms with Gasteiger partial charge in [0, 0.05) is 30.5 Å². The number of aliphatic hydroxyl groups excluding tert-OH is 3. The molecule has 11 heteroatoms. The van der Waals surface area contributed by atoms with Crippen LogP contribution < -0.4 is 10.2 Å². The van der Waals surface area contributed by atoms with Crippen molar-refractivity contribution >= 4 is 16.9 Å². The van der Waals surface area contributed by atoms with Crippen molar-refractivity contribution in [3.63, 3.8) is 0 Å². The first-order valence-corrected chi connectivity index (χ1v) is 10.3. The molecule has 0 bridgehead atoms. The highest BCUT2D eigenvalue weighted by atomic mass is 16.7. The van der Waals surface area contributed by atoms with Gasteiger partial charge in [-0.3, -0.25) is 4.79 Å². The number of hydrogen-bond donors (Lipinski definition) is 6. The van der Waals surface area contributed by atoms with E-state index in [1.54, 1.807) is 30.3 Å². The SMILES string of the molecule is O=C(O)[C@@H]1C[C@@H](O)[C@H](O)[C@@H](O)C[C@H](Oc2cc3oc(-c4ccccc4)cc(=O)c3c(O)c2O)O1. The third-order valence-electron chi connectivity index (χ3n) is 5.52. The van der Waals surface area contributed by atoms with Gasteiger partial charge in [0.1, 0.15) is 22.8 Å². The van der Waals surface area contributed by atoms with Gasteiger partial charge in [-0.2, -0.15) is 0 Å². The Kier molecular flexibility index (Phi) is 6.44. The molecule has 11 nitrogen and oxygen atoms in total. The van der Waals surface area contributed by atoms with Crippen LogP contribution >= 0.6 is 0 Å². The quantitative estimate of drug-likeness (QED) is 0.295. The van der Waals surface area contributed by atoms with E-state index in [0.717, 1.165) is 12.1 Å². The molecule has 5 atom stereocenters. The number of phenols is 2. The van der Waals surface area contributed by atoms with Crippen molar-refractivity contribution in [3.05, 3.63) is 52.7 Å². The molecule has 0 spiro atoms. The van der Waals surface area contributed by atoms with Crippen LogP contribution in [0.5, 0.6) is 17.2 Å². The lowest BCUT2D eigenvalue weighted by Crippen LogP contribution is -2.48. The Morgan fingerprint density at radius 2 is 1.65 bits per heavy atom. The maximum absolute atomic E-state index is 12.6. The van der Waals surface area contributed by atoms with Crippen LogP contribution in [0.15, 0.2) is 51.7 Å². The summed E-state index contributed by atoms with van der Waals surface area (Å²) in [4.78, 5) is 24.1. The summed E-state index contributed by atoms with van der Waals surface area (Å²) >= 11 is 0. The minimum Gasteiger partial charge on any atom is -0.504 e. The summed E-state index contributed by atoms with van der Waals surface area (Å²) in [5.74, 6) is -3.33. The lowest BCUT2D eigenvalue weighted by atomic mass is 9.98. The fourth-order valence-electron chi connectivity index (χ4n) is 3.73. The fourth-order valence-corrected chi connectivity index (χ4v) is 3.73. The molecule has 1 saturated heterocycles. The van der Waals surface area contributed by atoms with Crippen molar-refractivity contribution in [1.29, 1.82) is 0 Å². The Morgan fingerprint density at radius 1 is 0.971 bits per heavy atom. The number of benzene rings is 2. The number of ether oxygens (including phenoxy) is 2. The van der Waals surface area contributed by atoms with Crippen molar-refractivity contribution in [1.82, 2.24) is 0 Å². The second kappa shape index (κ2) is 9.31. The predicted octanol–water partition coefficient (Wildman–Crippen LogP) is 0.922. The van der Waals surface area contributed by atoms with E-state index in [9.17, 15) is 40.2 Å². The third-order valence-corrected chi connectivity index (χ3v) is 5.52. The molecule has 0 aliphatic carbocycles. The average Bonchev–Trinajstić information content (AvgIpc) is 2.80. The summed E-state index contributed by atoms with van der Waals surface area (Å²) in [6.45, 7) is 0. The number of hydrogen-bond acceptors (Lipinski definition) is 10. The van der Waals surface area contributed by atoms with Crippen LogP contribution in [0.4, 0.5) is 0 Å². The van der Waals surface area contributed by atoms with Crippen LogP contribution in [-0.2, 0) is 9.53 Å². The Balaban J connectivity index is 1.73. The van der Waals surface area contributed by atoms with E-state index in [1.807, 2.05) is 0 Å². The zero-order valence-corrected chi connectivity index (χ0v) is 17.6. The van der Waals surface area contributed by atoms with E-state index in [-0.39, 0.29) is 16.7 Å². The Morgan fingerprint density at radius 3 is 2.32 bits per heavy atom. The molecule has 0 unspecified atom stereocenters. The van der Waals surface area contributed by atoms with Gasteiger partial charge < -0.3 is 44.5 Å². The number of rotatable bonds is 4. The number of aromatic hydroxyl groups is 2. The fraction of sp³-hybridized carbons (Fsp3) is 0.304. The maximum Gasteiger partial charge on any atom is 0.333 e. The van der Waals surface area contributed by atoms with E-state index in [0.29, 0.717) is 5.56 Å². The number of carboxylic acid groups (broad SMARTS) is 1. The number of aliphatic carboxylic acids is 1. The van der Waals surface area contributed by atoms with E-state index in [4.69, 9.17) is 13.9 Å². The monoisotopic (exact) mass is 474 g/mol. The summed E-state index contributed by atoms with van der Waals surface area (Å²) in [5, 5.41) is 59.9. The van der Waals surface area contributed by atoms with Gasteiger partial charge in [0.15, 0.2) is 23.0 Å². The van der Waals surface area contributed by atoms with Crippen LogP contribution in [-0.4, -0.2) is 67.3 Å². The number of carboxylic acids is 1. The van der Waals surface area contributed by atoms with Gasteiger partial charge in [0.25, 0.3) is 0 Å². The highest BCUT2D eigenvalue weighted by Crippen LogP contribution is 2.42. The Hall–Kier alpha value is -3.64. The van der Waals surface area contributed by atoms with Crippen molar-refractivity contribution in [2.75, 3.05) is 0 Å². The lowest BCUT2D eigenvalue weighted by molar-refractivity contribution is -0.199. The van der Waals surface area contributed by atoms with E-state index >= 15 is 0 Å². The first kappa shape index (κ1) is 23.5. The highest BCUT2D eigenvalue weighted by molar-refractivity contribution is 5.89. The summed E-state index contributed by atoms with van der Waals surface area (Å²) in [6, 6.07) is 11.0.